The molecule has 6 nitrogen and oxygen atoms in total. The molecule has 0 fully saturated rings. The molecular weight excluding hydrogens is 236 g/mol. The Bertz CT molecular complexity index is 432. The van der Waals surface area contributed by atoms with Crippen molar-refractivity contribution in [1.82, 2.24) is 5.43 Å². The summed E-state index contributed by atoms with van der Waals surface area (Å²) in [6.45, 7) is 2.10. The normalized spacial score (nSPS) is 10.3. The highest BCUT2D eigenvalue weighted by molar-refractivity contribution is 5.81. The molecule has 0 aliphatic carbocycles. The highest BCUT2D eigenvalue weighted by atomic mass is 16.5. The molecule has 0 aliphatic heterocycles. The van der Waals surface area contributed by atoms with Gasteiger partial charge in [-0.25, -0.2) is 0 Å². The predicted octanol–water partition coefficient (Wildman–Crippen LogP) is 0.887. The van der Waals surface area contributed by atoms with Crippen LogP contribution in [0.3, 0.4) is 0 Å². The molecule has 6 heteroatoms. The number of nitrogens with one attached hydrogen (secondary N) is 1. The lowest BCUT2D eigenvalue weighted by Crippen LogP contribution is -2.20. The SMILES string of the molecule is CCOC(=O)CN/N=C/c1ccc(O)c(OC)c1. The molecule has 98 valence electrons. The van der Waals surface area contributed by atoms with Crippen LogP contribution in [0.2, 0.25) is 0 Å². The van der Waals surface area contributed by atoms with Gasteiger partial charge in [-0.1, -0.05) is 0 Å². The first-order chi connectivity index (χ1) is 8.67. The molecule has 2 N–H and O–H groups in total. The standard InChI is InChI=1S/C12H16N2O4/c1-3-18-12(16)8-14-13-7-9-4-5-10(15)11(6-9)17-2/h4-7,14-15H,3,8H2,1-2H3/b13-7+. The number of benzene rings is 1. The molecule has 0 saturated heterocycles. The molecule has 0 unspecified atom stereocenters. The lowest BCUT2D eigenvalue weighted by atomic mass is 10.2. The van der Waals surface area contributed by atoms with E-state index in [1.54, 1.807) is 19.1 Å². The summed E-state index contributed by atoms with van der Waals surface area (Å²) in [6.07, 6.45) is 1.52. The number of esters is 1. The van der Waals surface area contributed by atoms with E-state index in [-0.39, 0.29) is 18.3 Å². The molecule has 1 rings (SSSR count). The number of carbonyl (C=O) groups is 1. The van der Waals surface area contributed by atoms with E-state index in [0.717, 1.165) is 5.56 Å². The largest absolute Gasteiger partial charge is 0.504 e. The fourth-order valence-corrected chi connectivity index (χ4v) is 1.22. The van der Waals surface area contributed by atoms with Gasteiger partial charge in [-0.3, -0.25) is 10.2 Å². The Morgan fingerprint density at radius 3 is 3.00 bits per heavy atom. The van der Waals surface area contributed by atoms with E-state index in [4.69, 9.17) is 9.47 Å². The molecule has 0 amide bonds. The second-order valence-corrected chi connectivity index (χ2v) is 3.33. The van der Waals surface area contributed by atoms with Crippen LogP contribution in [0.1, 0.15) is 12.5 Å². The van der Waals surface area contributed by atoms with E-state index >= 15 is 0 Å². The molecule has 18 heavy (non-hydrogen) atoms. The summed E-state index contributed by atoms with van der Waals surface area (Å²) in [5.74, 6) is 0.0661. The first-order valence-electron chi connectivity index (χ1n) is 5.46. The Labute approximate surface area is 105 Å². The van der Waals surface area contributed by atoms with Gasteiger partial charge in [0.05, 0.1) is 19.9 Å². The van der Waals surface area contributed by atoms with Crippen molar-refractivity contribution in [2.24, 2.45) is 5.10 Å². The molecule has 0 saturated carbocycles. The molecule has 0 aliphatic rings. The third-order valence-electron chi connectivity index (χ3n) is 2.04. The number of phenolic OH excluding ortho intramolecular Hbond substituents is 1. The number of hydrogen-bond acceptors (Lipinski definition) is 6. The second kappa shape index (κ2) is 7.16. The minimum atomic E-state index is -0.363. The van der Waals surface area contributed by atoms with E-state index in [1.807, 2.05) is 0 Å². The quantitative estimate of drug-likeness (QED) is 0.446. The van der Waals surface area contributed by atoms with Gasteiger partial charge in [-0.15, -0.1) is 0 Å². The molecule has 0 atom stereocenters. The molecular formula is C12H16N2O4. The lowest BCUT2D eigenvalue weighted by molar-refractivity contribution is -0.141. The van der Waals surface area contributed by atoms with Crippen molar-refractivity contribution in [2.45, 2.75) is 6.92 Å². The fourth-order valence-electron chi connectivity index (χ4n) is 1.22. The highest BCUT2D eigenvalue weighted by Crippen LogP contribution is 2.25. The van der Waals surface area contributed by atoms with Gasteiger partial charge in [-0.05, 0) is 30.7 Å². The monoisotopic (exact) mass is 252 g/mol. The minimum absolute atomic E-state index is 0.0135. The molecule has 0 bridgehead atoms. The van der Waals surface area contributed by atoms with Crippen LogP contribution in [-0.2, 0) is 9.53 Å². The van der Waals surface area contributed by atoms with Gasteiger partial charge in [-0.2, -0.15) is 5.10 Å². The van der Waals surface area contributed by atoms with Crippen LogP contribution in [0.5, 0.6) is 11.5 Å². The van der Waals surface area contributed by atoms with Crippen LogP contribution in [0.15, 0.2) is 23.3 Å². The van der Waals surface area contributed by atoms with Crippen LogP contribution in [0.25, 0.3) is 0 Å². The van der Waals surface area contributed by atoms with E-state index in [1.165, 1.54) is 19.4 Å². The van der Waals surface area contributed by atoms with Gasteiger partial charge in [0.1, 0.15) is 6.54 Å². The maximum Gasteiger partial charge on any atom is 0.327 e. The van der Waals surface area contributed by atoms with Crippen molar-refractivity contribution >= 4 is 12.2 Å². The molecule has 0 spiro atoms. The average molecular weight is 252 g/mol. The summed E-state index contributed by atoms with van der Waals surface area (Å²) in [5.41, 5.74) is 3.30. The molecule has 0 aromatic heterocycles. The van der Waals surface area contributed by atoms with Crippen LogP contribution < -0.4 is 10.2 Å². The number of nitrogens with zero attached hydrogens (tertiary/aromatic N) is 1. The first kappa shape index (κ1) is 13.8. The van der Waals surface area contributed by atoms with Crippen molar-refractivity contribution in [3.8, 4) is 11.5 Å². The number of phenols is 1. The van der Waals surface area contributed by atoms with Crippen LogP contribution in [-0.4, -0.2) is 37.6 Å². The van der Waals surface area contributed by atoms with E-state index < -0.39 is 0 Å². The maximum atomic E-state index is 11.0. The second-order valence-electron chi connectivity index (χ2n) is 3.33. The van der Waals surface area contributed by atoms with Gasteiger partial charge in [0.15, 0.2) is 11.5 Å². The lowest BCUT2D eigenvalue weighted by Gasteiger charge is -2.03. The topological polar surface area (TPSA) is 80.2 Å². The molecule has 1 aromatic carbocycles. The maximum absolute atomic E-state index is 11.0. The number of methoxy groups -OCH3 is 1. The Morgan fingerprint density at radius 1 is 1.56 bits per heavy atom. The molecule has 0 heterocycles. The first-order valence-corrected chi connectivity index (χ1v) is 5.46. The van der Waals surface area contributed by atoms with Gasteiger partial charge < -0.3 is 14.6 Å². The zero-order valence-corrected chi connectivity index (χ0v) is 10.3. The zero-order valence-electron chi connectivity index (χ0n) is 10.3. The van der Waals surface area contributed by atoms with Crippen LogP contribution in [0, 0.1) is 0 Å². The van der Waals surface area contributed by atoms with Gasteiger partial charge in [0.2, 0.25) is 0 Å². The van der Waals surface area contributed by atoms with Gasteiger partial charge in [0, 0.05) is 0 Å². The number of ether oxygens (including phenoxy) is 2. The van der Waals surface area contributed by atoms with Crippen LogP contribution in [0.4, 0.5) is 0 Å². The number of aromatic hydroxyl groups is 1. The third kappa shape index (κ3) is 4.32. The number of hydrogen-bond donors (Lipinski definition) is 2. The third-order valence-corrected chi connectivity index (χ3v) is 2.04. The van der Waals surface area contributed by atoms with Gasteiger partial charge >= 0.3 is 5.97 Å². The number of rotatable bonds is 6. The van der Waals surface area contributed by atoms with Crippen molar-refractivity contribution in [3.63, 3.8) is 0 Å². The Hall–Kier alpha value is -2.24. The summed E-state index contributed by atoms with van der Waals surface area (Å²) in [4.78, 5) is 11.0. The van der Waals surface area contributed by atoms with Crippen LogP contribution >= 0.6 is 0 Å². The van der Waals surface area contributed by atoms with E-state index in [2.05, 4.69) is 10.5 Å². The predicted molar refractivity (Wildman–Crippen MR) is 66.9 cm³/mol. The van der Waals surface area contributed by atoms with E-state index in [0.29, 0.717) is 12.4 Å². The van der Waals surface area contributed by atoms with Gasteiger partial charge in [0.25, 0.3) is 0 Å². The summed E-state index contributed by atoms with van der Waals surface area (Å²) in [6, 6.07) is 4.81. The van der Waals surface area contributed by atoms with E-state index in [9.17, 15) is 9.90 Å². The summed E-state index contributed by atoms with van der Waals surface area (Å²) >= 11 is 0. The summed E-state index contributed by atoms with van der Waals surface area (Å²) < 4.78 is 9.67. The Morgan fingerprint density at radius 2 is 2.33 bits per heavy atom. The van der Waals surface area contributed by atoms with Crippen molar-refractivity contribution in [2.75, 3.05) is 20.3 Å². The van der Waals surface area contributed by atoms with Crippen molar-refractivity contribution < 1.29 is 19.4 Å². The minimum Gasteiger partial charge on any atom is -0.504 e. The Balaban J connectivity index is 2.49. The Kier molecular flexibility index (Phi) is 5.50. The smallest absolute Gasteiger partial charge is 0.327 e. The number of carbonyl (C=O) groups excluding carboxylic acids is 1. The highest BCUT2D eigenvalue weighted by Gasteiger charge is 2.01. The van der Waals surface area contributed by atoms with Crippen molar-refractivity contribution in [3.05, 3.63) is 23.8 Å². The molecule has 0 radical (unpaired) electrons. The van der Waals surface area contributed by atoms with Crippen molar-refractivity contribution in [1.29, 1.82) is 0 Å². The number of hydrazone groups is 1. The summed E-state index contributed by atoms with van der Waals surface area (Å²) in [7, 11) is 1.47. The average Bonchev–Trinajstić information content (AvgIpc) is 2.37. The zero-order chi connectivity index (χ0) is 13.4. The fraction of sp³-hybridized carbons (Fsp3) is 0.333. The summed E-state index contributed by atoms with van der Waals surface area (Å²) in [5, 5.41) is 13.2. The molecule has 1 aromatic rings.